The van der Waals surface area contributed by atoms with Gasteiger partial charge in [0.1, 0.15) is 30.0 Å². The summed E-state index contributed by atoms with van der Waals surface area (Å²) in [6.45, 7) is 5.60. The summed E-state index contributed by atoms with van der Waals surface area (Å²) in [7, 11) is 0. The van der Waals surface area contributed by atoms with Gasteiger partial charge < -0.3 is 19.4 Å². The molecule has 0 aliphatic heterocycles. The topological polar surface area (TPSA) is 66.1 Å². The average molecular weight is 381 g/mol. The van der Waals surface area contributed by atoms with Gasteiger partial charge in [-0.25, -0.2) is 0 Å². The number of para-hydroxylation sites is 2. The molecule has 2 aromatic carbocycles. The lowest BCUT2D eigenvalue weighted by molar-refractivity contribution is 0.0598. The standard InChI is InChI=1S/C23H27NO4/c1-17-7-5-8-18(2)23(17)28-16-20(25)14-24(15-21-10-6-12-27-21)13-19-9-3-4-11-22(19)26/h3-12,20,25-26H,13-16H2,1-2H3/t20-/m1/s1. The van der Waals surface area contributed by atoms with Gasteiger partial charge in [-0.2, -0.15) is 0 Å². The summed E-state index contributed by atoms with van der Waals surface area (Å²) in [6.07, 6.45) is 0.952. The second kappa shape index (κ2) is 9.44. The molecule has 3 aromatic rings. The fraction of sp³-hybridized carbons (Fsp3) is 0.304. The lowest BCUT2D eigenvalue weighted by atomic mass is 10.1. The van der Waals surface area contributed by atoms with Crippen LogP contribution in [0.25, 0.3) is 0 Å². The Hall–Kier alpha value is -2.76. The molecular weight excluding hydrogens is 354 g/mol. The van der Waals surface area contributed by atoms with Crippen LogP contribution in [0.5, 0.6) is 11.5 Å². The van der Waals surface area contributed by atoms with Crippen LogP contribution in [-0.2, 0) is 13.1 Å². The predicted molar refractivity (Wildman–Crippen MR) is 108 cm³/mol. The van der Waals surface area contributed by atoms with E-state index in [4.69, 9.17) is 9.15 Å². The van der Waals surface area contributed by atoms with Crippen molar-refractivity contribution >= 4 is 0 Å². The van der Waals surface area contributed by atoms with Crippen molar-refractivity contribution in [2.45, 2.75) is 33.0 Å². The Bertz CT molecular complexity index is 856. The van der Waals surface area contributed by atoms with Crippen molar-refractivity contribution in [2.24, 2.45) is 0 Å². The number of phenolic OH excluding ortho intramolecular Hbond substituents is 1. The molecule has 5 heteroatoms. The number of aliphatic hydroxyl groups excluding tert-OH is 1. The fourth-order valence-electron chi connectivity index (χ4n) is 3.25. The first-order valence-electron chi connectivity index (χ1n) is 9.41. The summed E-state index contributed by atoms with van der Waals surface area (Å²) in [5.41, 5.74) is 2.90. The predicted octanol–water partition coefficient (Wildman–Crippen LogP) is 4.04. The number of furan rings is 1. The van der Waals surface area contributed by atoms with Gasteiger partial charge in [0.05, 0.1) is 12.8 Å². The zero-order valence-electron chi connectivity index (χ0n) is 16.3. The molecule has 0 saturated carbocycles. The Labute approximate surface area is 165 Å². The molecule has 0 radical (unpaired) electrons. The summed E-state index contributed by atoms with van der Waals surface area (Å²) >= 11 is 0. The van der Waals surface area contributed by atoms with Gasteiger partial charge in [-0.1, -0.05) is 36.4 Å². The van der Waals surface area contributed by atoms with Crippen LogP contribution in [0.4, 0.5) is 0 Å². The molecule has 28 heavy (non-hydrogen) atoms. The maximum Gasteiger partial charge on any atom is 0.125 e. The number of aromatic hydroxyl groups is 1. The Morgan fingerprint density at radius 1 is 0.964 bits per heavy atom. The van der Waals surface area contributed by atoms with Gasteiger partial charge in [-0.15, -0.1) is 0 Å². The molecule has 3 rings (SSSR count). The van der Waals surface area contributed by atoms with Crippen LogP contribution >= 0.6 is 0 Å². The Balaban J connectivity index is 1.65. The van der Waals surface area contributed by atoms with Gasteiger partial charge in [-0.3, -0.25) is 4.90 Å². The molecule has 0 bridgehead atoms. The minimum Gasteiger partial charge on any atom is -0.508 e. The molecule has 0 unspecified atom stereocenters. The highest BCUT2D eigenvalue weighted by molar-refractivity contribution is 5.39. The van der Waals surface area contributed by atoms with Crippen molar-refractivity contribution in [1.29, 1.82) is 0 Å². The largest absolute Gasteiger partial charge is 0.508 e. The van der Waals surface area contributed by atoms with E-state index >= 15 is 0 Å². The van der Waals surface area contributed by atoms with E-state index in [-0.39, 0.29) is 12.4 Å². The summed E-state index contributed by atoms with van der Waals surface area (Å²) in [5, 5.41) is 20.7. The van der Waals surface area contributed by atoms with Crippen LogP contribution in [-0.4, -0.2) is 34.4 Å². The highest BCUT2D eigenvalue weighted by Gasteiger charge is 2.17. The van der Waals surface area contributed by atoms with Crippen LogP contribution in [0.1, 0.15) is 22.5 Å². The quantitative estimate of drug-likeness (QED) is 0.585. The average Bonchev–Trinajstić information content (AvgIpc) is 3.16. The lowest BCUT2D eigenvalue weighted by Crippen LogP contribution is -2.35. The molecule has 1 heterocycles. The number of hydrogen-bond acceptors (Lipinski definition) is 5. The molecule has 0 saturated heterocycles. The number of phenols is 1. The fourth-order valence-corrected chi connectivity index (χ4v) is 3.25. The second-order valence-electron chi connectivity index (χ2n) is 7.06. The molecule has 1 aromatic heterocycles. The summed E-state index contributed by atoms with van der Waals surface area (Å²) in [5.74, 6) is 1.87. The third kappa shape index (κ3) is 5.38. The third-order valence-electron chi connectivity index (χ3n) is 4.64. The molecule has 1 atom stereocenters. The van der Waals surface area contributed by atoms with Crippen molar-refractivity contribution in [1.82, 2.24) is 4.90 Å². The van der Waals surface area contributed by atoms with Crippen molar-refractivity contribution in [3.8, 4) is 11.5 Å². The van der Waals surface area contributed by atoms with Crippen molar-refractivity contribution in [3.05, 3.63) is 83.3 Å². The van der Waals surface area contributed by atoms with Crippen LogP contribution < -0.4 is 4.74 Å². The van der Waals surface area contributed by atoms with Gasteiger partial charge in [0.25, 0.3) is 0 Å². The third-order valence-corrected chi connectivity index (χ3v) is 4.64. The van der Waals surface area contributed by atoms with Gasteiger partial charge >= 0.3 is 0 Å². The summed E-state index contributed by atoms with van der Waals surface area (Å²) in [6, 6.07) is 17.0. The second-order valence-corrected chi connectivity index (χ2v) is 7.06. The van der Waals surface area contributed by atoms with E-state index in [9.17, 15) is 10.2 Å². The van der Waals surface area contributed by atoms with E-state index in [1.54, 1.807) is 18.4 Å². The van der Waals surface area contributed by atoms with Gasteiger partial charge in [-0.05, 0) is 43.2 Å². The van der Waals surface area contributed by atoms with Crippen molar-refractivity contribution in [2.75, 3.05) is 13.2 Å². The first-order valence-corrected chi connectivity index (χ1v) is 9.41. The van der Waals surface area contributed by atoms with E-state index in [2.05, 4.69) is 0 Å². The molecular formula is C23H27NO4. The van der Waals surface area contributed by atoms with Crippen LogP contribution in [0.2, 0.25) is 0 Å². The van der Waals surface area contributed by atoms with E-state index in [0.29, 0.717) is 19.6 Å². The molecule has 5 nitrogen and oxygen atoms in total. The molecule has 0 aliphatic rings. The van der Waals surface area contributed by atoms with Crippen molar-refractivity contribution in [3.63, 3.8) is 0 Å². The monoisotopic (exact) mass is 381 g/mol. The minimum absolute atomic E-state index is 0.196. The molecule has 148 valence electrons. The molecule has 0 spiro atoms. The van der Waals surface area contributed by atoms with Crippen molar-refractivity contribution < 1.29 is 19.4 Å². The van der Waals surface area contributed by atoms with E-state index in [0.717, 1.165) is 28.2 Å². The first kappa shape index (κ1) is 20.0. The summed E-state index contributed by atoms with van der Waals surface area (Å²) in [4.78, 5) is 2.03. The van der Waals surface area contributed by atoms with Crippen LogP contribution in [0, 0.1) is 13.8 Å². The van der Waals surface area contributed by atoms with Gasteiger partial charge in [0, 0.05) is 18.7 Å². The minimum atomic E-state index is -0.681. The van der Waals surface area contributed by atoms with E-state index in [1.165, 1.54) is 0 Å². The molecule has 2 N–H and O–H groups in total. The molecule has 0 aliphatic carbocycles. The number of rotatable bonds is 9. The van der Waals surface area contributed by atoms with Gasteiger partial charge in [0.15, 0.2) is 0 Å². The zero-order chi connectivity index (χ0) is 19.9. The number of benzene rings is 2. The molecule has 0 amide bonds. The Kier molecular flexibility index (Phi) is 6.74. The Morgan fingerprint density at radius 3 is 2.39 bits per heavy atom. The smallest absolute Gasteiger partial charge is 0.125 e. The number of nitrogens with zero attached hydrogens (tertiary/aromatic N) is 1. The Morgan fingerprint density at radius 2 is 1.71 bits per heavy atom. The number of aliphatic hydroxyl groups is 1. The van der Waals surface area contributed by atoms with Crippen LogP contribution in [0.3, 0.4) is 0 Å². The van der Waals surface area contributed by atoms with E-state index in [1.807, 2.05) is 61.2 Å². The first-order chi connectivity index (χ1) is 13.5. The zero-order valence-corrected chi connectivity index (χ0v) is 16.3. The van der Waals surface area contributed by atoms with E-state index < -0.39 is 6.10 Å². The SMILES string of the molecule is Cc1cccc(C)c1OC[C@H](O)CN(Cc1ccco1)Cc1ccccc1O. The normalized spacial score (nSPS) is 12.3. The lowest BCUT2D eigenvalue weighted by Gasteiger charge is -2.25. The maximum atomic E-state index is 10.6. The van der Waals surface area contributed by atoms with Gasteiger partial charge in [0.2, 0.25) is 0 Å². The maximum absolute atomic E-state index is 10.6. The highest BCUT2D eigenvalue weighted by atomic mass is 16.5. The number of ether oxygens (including phenoxy) is 1. The number of hydrogen-bond donors (Lipinski definition) is 2. The number of aryl methyl sites for hydroxylation is 2. The summed E-state index contributed by atoms with van der Waals surface area (Å²) < 4.78 is 11.3. The highest BCUT2D eigenvalue weighted by Crippen LogP contribution is 2.23. The van der Waals surface area contributed by atoms with Crippen LogP contribution in [0.15, 0.2) is 65.3 Å². The molecule has 0 fully saturated rings.